The van der Waals surface area contributed by atoms with E-state index in [9.17, 15) is 9.59 Å². The van der Waals surface area contributed by atoms with Gasteiger partial charge in [-0.15, -0.1) is 0 Å². The second kappa shape index (κ2) is 6.50. The molecule has 0 fully saturated rings. The summed E-state index contributed by atoms with van der Waals surface area (Å²) in [6.45, 7) is 7.16. The number of hydrogen-bond donors (Lipinski definition) is 0. The van der Waals surface area contributed by atoms with Gasteiger partial charge in [-0.1, -0.05) is 37.3 Å². The van der Waals surface area contributed by atoms with Gasteiger partial charge in [-0.3, -0.25) is 9.59 Å². The van der Waals surface area contributed by atoms with E-state index < -0.39 is 11.5 Å². The quantitative estimate of drug-likeness (QED) is 0.734. The van der Waals surface area contributed by atoms with Crippen LogP contribution in [-0.4, -0.2) is 11.8 Å². The molecule has 0 aliphatic carbocycles. The molecule has 1 unspecified atom stereocenters. The van der Waals surface area contributed by atoms with Gasteiger partial charge in [0.1, 0.15) is 11.9 Å². The maximum absolute atomic E-state index is 12.1. The lowest BCUT2D eigenvalue weighted by molar-refractivity contribution is -0.161. The van der Waals surface area contributed by atoms with E-state index in [0.717, 1.165) is 5.56 Å². The normalized spacial score (nSPS) is 12.8. The van der Waals surface area contributed by atoms with E-state index in [4.69, 9.17) is 4.74 Å². The van der Waals surface area contributed by atoms with Crippen molar-refractivity contribution in [3.05, 3.63) is 35.9 Å². The van der Waals surface area contributed by atoms with E-state index >= 15 is 0 Å². The van der Waals surface area contributed by atoms with E-state index in [-0.39, 0.29) is 18.2 Å². The van der Waals surface area contributed by atoms with Gasteiger partial charge in [-0.2, -0.15) is 0 Å². The number of rotatable bonds is 6. The highest BCUT2D eigenvalue weighted by atomic mass is 16.5. The van der Waals surface area contributed by atoms with Gasteiger partial charge in [0.2, 0.25) is 0 Å². The number of Topliss-reactive ketones (excluding diaryl/α,β-unsaturated/α-hetero) is 1. The molecule has 0 aromatic heterocycles. The number of carbonyl (C=O) groups excluding carboxylic acids is 2. The molecule has 0 N–H and O–H groups in total. The molecule has 0 radical (unpaired) electrons. The van der Waals surface area contributed by atoms with Gasteiger partial charge in [0.15, 0.2) is 0 Å². The molecule has 0 saturated heterocycles. The first-order valence-electron chi connectivity index (χ1n) is 6.62. The zero-order valence-electron chi connectivity index (χ0n) is 12.1. The number of carbonyl (C=O) groups is 2. The van der Waals surface area contributed by atoms with E-state index in [1.54, 1.807) is 0 Å². The van der Waals surface area contributed by atoms with Crippen molar-refractivity contribution in [2.75, 3.05) is 0 Å². The maximum atomic E-state index is 12.1. The van der Waals surface area contributed by atoms with Gasteiger partial charge < -0.3 is 4.74 Å². The van der Waals surface area contributed by atoms with E-state index in [0.29, 0.717) is 6.42 Å². The van der Waals surface area contributed by atoms with Crippen LogP contribution in [-0.2, 0) is 14.3 Å². The summed E-state index contributed by atoms with van der Waals surface area (Å²) in [5, 5.41) is 0. The zero-order valence-corrected chi connectivity index (χ0v) is 12.1. The lowest BCUT2D eigenvalue weighted by Crippen LogP contribution is -2.28. The minimum atomic E-state index is -0.524. The van der Waals surface area contributed by atoms with Crippen LogP contribution in [0.25, 0.3) is 0 Å². The first-order chi connectivity index (χ1) is 8.86. The summed E-state index contributed by atoms with van der Waals surface area (Å²) < 4.78 is 5.54. The lowest BCUT2D eigenvalue weighted by Gasteiger charge is -2.25. The van der Waals surface area contributed by atoms with Crippen molar-refractivity contribution in [1.82, 2.24) is 0 Å². The molecule has 104 valence electrons. The van der Waals surface area contributed by atoms with Crippen LogP contribution < -0.4 is 0 Å². The summed E-state index contributed by atoms with van der Waals surface area (Å²) in [5.41, 5.74) is 0.335. The van der Waals surface area contributed by atoms with Crippen molar-refractivity contribution in [2.24, 2.45) is 5.41 Å². The van der Waals surface area contributed by atoms with Crippen molar-refractivity contribution < 1.29 is 14.3 Å². The van der Waals surface area contributed by atoms with E-state index in [1.807, 2.05) is 51.1 Å². The Balaban J connectivity index is 2.88. The average molecular weight is 262 g/mol. The molecule has 0 aliphatic heterocycles. The average Bonchev–Trinajstić information content (AvgIpc) is 2.38. The maximum Gasteiger partial charge on any atom is 0.312 e. The summed E-state index contributed by atoms with van der Waals surface area (Å²) in [5.74, 6) is -0.249. The van der Waals surface area contributed by atoms with Gasteiger partial charge in [0, 0.05) is 6.42 Å². The second-order valence-corrected chi connectivity index (χ2v) is 5.45. The van der Waals surface area contributed by atoms with Crippen LogP contribution in [0.15, 0.2) is 30.3 Å². The molecule has 0 saturated carbocycles. The van der Waals surface area contributed by atoms with Gasteiger partial charge in [0.25, 0.3) is 0 Å². The summed E-state index contributed by atoms with van der Waals surface area (Å²) >= 11 is 0. The molecule has 1 rings (SSSR count). The van der Waals surface area contributed by atoms with Gasteiger partial charge in [-0.25, -0.2) is 0 Å². The summed E-state index contributed by atoms with van der Waals surface area (Å²) in [6.07, 6.45) is 0.431. The standard InChI is InChI=1S/C16H22O3/c1-5-16(3,4)15(18)19-14(11-12(2)17)13-9-7-6-8-10-13/h6-10,14H,5,11H2,1-4H3. The van der Waals surface area contributed by atoms with Crippen LogP contribution in [0.3, 0.4) is 0 Å². The molecule has 0 amide bonds. The SMILES string of the molecule is CCC(C)(C)C(=O)OC(CC(C)=O)c1ccccc1. The number of benzene rings is 1. The third kappa shape index (κ3) is 4.51. The Hall–Kier alpha value is -1.64. The minimum absolute atomic E-state index is 0.0101. The van der Waals surface area contributed by atoms with Crippen LogP contribution in [0.2, 0.25) is 0 Å². The van der Waals surface area contributed by atoms with Crippen LogP contribution >= 0.6 is 0 Å². The van der Waals surface area contributed by atoms with Crippen molar-refractivity contribution in [3.63, 3.8) is 0 Å². The summed E-state index contributed by atoms with van der Waals surface area (Å²) in [6, 6.07) is 9.40. The van der Waals surface area contributed by atoms with Crippen molar-refractivity contribution in [1.29, 1.82) is 0 Å². The Morgan fingerprint density at radius 3 is 2.26 bits per heavy atom. The Kier molecular flexibility index (Phi) is 5.28. The Morgan fingerprint density at radius 2 is 1.79 bits per heavy atom. The smallest absolute Gasteiger partial charge is 0.312 e. The molecule has 0 heterocycles. The third-order valence-electron chi connectivity index (χ3n) is 3.33. The van der Waals surface area contributed by atoms with Crippen LogP contribution in [0.5, 0.6) is 0 Å². The van der Waals surface area contributed by atoms with Crippen LogP contribution in [0.1, 0.15) is 52.2 Å². The predicted octanol–water partition coefficient (Wildman–Crippen LogP) is 3.69. The zero-order chi connectivity index (χ0) is 14.5. The fourth-order valence-corrected chi connectivity index (χ4v) is 1.59. The fraction of sp³-hybridized carbons (Fsp3) is 0.500. The Morgan fingerprint density at radius 1 is 1.21 bits per heavy atom. The molecule has 1 aromatic carbocycles. The van der Waals surface area contributed by atoms with Crippen molar-refractivity contribution >= 4 is 11.8 Å². The molecule has 1 atom stereocenters. The van der Waals surface area contributed by atoms with Gasteiger partial charge >= 0.3 is 5.97 Å². The first-order valence-corrected chi connectivity index (χ1v) is 6.62. The molecule has 0 aliphatic rings. The Labute approximate surface area is 115 Å². The van der Waals surface area contributed by atoms with Crippen LogP contribution in [0, 0.1) is 5.41 Å². The minimum Gasteiger partial charge on any atom is -0.457 e. The van der Waals surface area contributed by atoms with E-state index in [2.05, 4.69) is 0 Å². The summed E-state index contributed by atoms with van der Waals surface area (Å²) in [4.78, 5) is 23.5. The Bertz CT molecular complexity index is 435. The topological polar surface area (TPSA) is 43.4 Å². The molecular formula is C16H22O3. The van der Waals surface area contributed by atoms with Gasteiger partial charge in [0.05, 0.1) is 5.41 Å². The molecule has 1 aromatic rings. The molecule has 3 nitrogen and oxygen atoms in total. The third-order valence-corrected chi connectivity index (χ3v) is 3.33. The molecule has 3 heteroatoms. The number of esters is 1. The largest absolute Gasteiger partial charge is 0.457 e. The molecular weight excluding hydrogens is 240 g/mol. The fourth-order valence-electron chi connectivity index (χ4n) is 1.59. The monoisotopic (exact) mass is 262 g/mol. The van der Waals surface area contributed by atoms with Crippen molar-refractivity contribution in [2.45, 2.75) is 46.6 Å². The number of ketones is 1. The first kappa shape index (κ1) is 15.4. The molecule has 0 bridgehead atoms. The van der Waals surface area contributed by atoms with Gasteiger partial charge in [-0.05, 0) is 32.8 Å². The second-order valence-electron chi connectivity index (χ2n) is 5.45. The highest BCUT2D eigenvalue weighted by Crippen LogP contribution is 2.28. The molecule has 19 heavy (non-hydrogen) atoms. The van der Waals surface area contributed by atoms with Crippen molar-refractivity contribution in [3.8, 4) is 0 Å². The number of ether oxygens (including phenoxy) is 1. The summed E-state index contributed by atoms with van der Waals surface area (Å²) in [7, 11) is 0. The van der Waals surface area contributed by atoms with E-state index in [1.165, 1.54) is 6.92 Å². The lowest BCUT2D eigenvalue weighted by atomic mass is 9.90. The highest BCUT2D eigenvalue weighted by molar-refractivity contribution is 5.78. The molecule has 0 spiro atoms. The van der Waals surface area contributed by atoms with Crippen LogP contribution in [0.4, 0.5) is 0 Å². The highest BCUT2D eigenvalue weighted by Gasteiger charge is 2.30. The number of hydrogen-bond acceptors (Lipinski definition) is 3. The predicted molar refractivity (Wildman–Crippen MR) is 74.6 cm³/mol.